The van der Waals surface area contributed by atoms with Crippen molar-refractivity contribution in [2.75, 3.05) is 4.90 Å². The molecule has 60 heavy (non-hydrogen) atoms. The summed E-state index contributed by atoms with van der Waals surface area (Å²) in [5.74, 6) is 0. The van der Waals surface area contributed by atoms with Crippen LogP contribution in [-0.4, -0.2) is 4.57 Å². The summed E-state index contributed by atoms with van der Waals surface area (Å²) in [5.41, 5.74) is 13.7. The highest BCUT2D eigenvalue weighted by Crippen LogP contribution is 2.47. The van der Waals surface area contributed by atoms with Crippen molar-refractivity contribution in [3.8, 4) is 16.8 Å². The normalized spacial score (nSPS) is 12.8. The van der Waals surface area contributed by atoms with Gasteiger partial charge in [-0.1, -0.05) is 178 Å². The molecule has 0 bridgehead atoms. The molecule has 0 fully saturated rings. The molecule has 0 aliphatic carbocycles. The molecule has 296 valence electrons. The van der Waals surface area contributed by atoms with Crippen LogP contribution in [0.4, 0.5) is 17.1 Å². The number of hydrogen-bond acceptors (Lipinski definition) is 1. The van der Waals surface area contributed by atoms with Crippen molar-refractivity contribution in [2.24, 2.45) is 0 Å². The molecule has 0 unspecified atom stereocenters. The second-order valence-corrected chi connectivity index (χ2v) is 19.9. The smallest absolute Gasteiger partial charge is 0.0541 e. The molecule has 1 aromatic heterocycles. The van der Waals surface area contributed by atoms with Crippen LogP contribution in [-0.2, 0) is 16.2 Å². The van der Waals surface area contributed by atoms with Gasteiger partial charge in [0.2, 0.25) is 0 Å². The minimum Gasteiger partial charge on any atom is -0.310 e. The van der Waals surface area contributed by atoms with E-state index in [0.717, 1.165) is 11.4 Å². The van der Waals surface area contributed by atoms with Crippen LogP contribution in [0.1, 0.15) is 79.0 Å². The van der Waals surface area contributed by atoms with Gasteiger partial charge < -0.3 is 9.47 Å². The zero-order valence-electron chi connectivity index (χ0n) is 36.5. The van der Waals surface area contributed by atoms with E-state index in [1.54, 1.807) is 0 Å². The molecule has 0 N–H and O–H groups in total. The summed E-state index contributed by atoms with van der Waals surface area (Å²) in [6.45, 7) is 20.7. The van der Waals surface area contributed by atoms with E-state index >= 15 is 0 Å². The molecule has 0 aliphatic heterocycles. The lowest BCUT2D eigenvalue weighted by molar-refractivity contribution is 0.589. The molecule has 0 amide bonds. The predicted octanol–water partition coefficient (Wildman–Crippen LogP) is 16.7. The predicted molar refractivity (Wildman–Crippen MR) is 261 cm³/mol. The summed E-state index contributed by atoms with van der Waals surface area (Å²) in [6, 6.07) is 61.9. The van der Waals surface area contributed by atoms with Crippen LogP contribution < -0.4 is 4.90 Å². The first-order chi connectivity index (χ1) is 28.7. The van der Waals surface area contributed by atoms with E-state index in [1.165, 1.54) is 93.3 Å². The van der Waals surface area contributed by atoms with Crippen LogP contribution in [0.2, 0.25) is 0 Å². The van der Waals surface area contributed by atoms with Gasteiger partial charge in [-0.15, -0.1) is 0 Å². The van der Waals surface area contributed by atoms with Crippen LogP contribution in [0.25, 0.3) is 70.9 Å². The summed E-state index contributed by atoms with van der Waals surface area (Å²) in [4.78, 5) is 2.49. The molecular weight excluding hydrogens is 725 g/mol. The second-order valence-electron chi connectivity index (χ2n) is 19.9. The number of anilines is 3. The maximum Gasteiger partial charge on any atom is 0.0541 e. The first kappa shape index (κ1) is 37.9. The Morgan fingerprint density at radius 1 is 0.400 bits per heavy atom. The van der Waals surface area contributed by atoms with Crippen molar-refractivity contribution < 1.29 is 0 Å². The fraction of sp³-hybridized carbons (Fsp3) is 0.207. The van der Waals surface area contributed by atoms with E-state index in [0.29, 0.717) is 0 Å². The van der Waals surface area contributed by atoms with E-state index in [-0.39, 0.29) is 16.2 Å². The largest absolute Gasteiger partial charge is 0.310 e. The number of rotatable bonds is 5. The van der Waals surface area contributed by atoms with E-state index in [4.69, 9.17) is 0 Å². The third kappa shape index (κ3) is 6.15. The molecule has 1 heterocycles. The van der Waals surface area contributed by atoms with Crippen molar-refractivity contribution >= 4 is 71.2 Å². The first-order valence-corrected chi connectivity index (χ1v) is 21.5. The third-order valence-corrected chi connectivity index (χ3v) is 12.8. The highest BCUT2D eigenvalue weighted by atomic mass is 15.1. The maximum absolute atomic E-state index is 2.49. The van der Waals surface area contributed by atoms with Gasteiger partial charge in [-0.25, -0.2) is 0 Å². The Kier molecular flexibility index (Phi) is 8.57. The first-order valence-electron chi connectivity index (χ1n) is 21.5. The molecule has 0 saturated carbocycles. The average Bonchev–Trinajstić information content (AvgIpc) is 3.56. The van der Waals surface area contributed by atoms with Gasteiger partial charge in [-0.2, -0.15) is 0 Å². The van der Waals surface area contributed by atoms with E-state index in [2.05, 4.69) is 236 Å². The number of hydrogen-bond donors (Lipinski definition) is 0. The van der Waals surface area contributed by atoms with Crippen LogP contribution in [0.5, 0.6) is 0 Å². The fourth-order valence-electron chi connectivity index (χ4n) is 9.59. The molecule has 9 aromatic carbocycles. The molecule has 0 spiro atoms. The van der Waals surface area contributed by atoms with E-state index < -0.39 is 0 Å². The van der Waals surface area contributed by atoms with Gasteiger partial charge in [-0.05, 0) is 114 Å². The lowest BCUT2D eigenvalue weighted by Gasteiger charge is -2.31. The zero-order valence-corrected chi connectivity index (χ0v) is 36.5. The summed E-state index contributed by atoms with van der Waals surface area (Å²) in [6.07, 6.45) is 0. The van der Waals surface area contributed by atoms with Gasteiger partial charge in [0.15, 0.2) is 0 Å². The number of para-hydroxylation sites is 2. The van der Waals surface area contributed by atoms with Crippen LogP contribution in [0.15, 0.2) is 164 Å². The third-order valence-electron chi connectivity index (χ3n) is 12.8. The lowest BCUT2D eigenvalue weighted by Crippen LogP contribution is -2.16. The van der Waals surface area contributed by atoms with Crippen molar-refractivity contribution in [3.05, 3.63) is 180 Å². The Labute approximate surface area is 355 Å². The minimum absolute atomic E-state index is 0.0448. The summed E-state index contributed by atoms with van der Waals surface area (Å²) < 4.78 is 2.47. The summed E-state index contributed by atoms with van der Waals surface area (Å²) >= 11 is 0. The van der Waals surface area contributed by atoms with Crippen LogP contribution in [0.3, 0.4) is 0 Å². The molecule has 10 aromatic rings. The lowest BCUT2D eigenvalue weighted by atomic mass is 9.80. The highest BCUT2D eigenvalue weighted by molar-refractivity contribution is 6.27. The number of fused-ring (bicyclic) bond motifs is 3. The topological polar surface area (TPSA) is 8.17 Å². The van der Waals surface area contributed by atoms with Crippen molar-refractivity contribution in [2.45, 2.75) is 78.6 Å². The van der Waals surface area contributed by atoms with Crippen molar-refractivity contribution in [1.82, 2.24) is 4.57 Å². The van der Waals surface area contributed by atoms with E-state index in [1.807, 2.05) is 0 Å². The molecule has 0 radical (unpaired) electrons. The van der Waals surface area contributed by atoms with Crippen molar-refractivity contribution in [3.63, 3.8) is 0 Å². The molecular formula is C58H54N2. The van der Waals surface area contributed by atoms with E-state index in [9.17, 15) is 0 Å². The molecule has 0 atom stereocenters. The number of aromatic nitrogens is 1. The Bertz CT molecular complexity index is 3180. The summed E-state index contributed by atoms with van der Waals surface area (Å²) in [7, 11) is 0. The molecule has 2 heteroatoms. The molecule has 0 saturated heterocycles. The monoisotopic (exact) mass is 778 g/mol. The number of nitrogens with zero attached hydrogens (tertiary/aromatic N) is 2. The fourth-order valence-corrected chi connectivity index (χ4v) is 9.59. The van der Waals surface area contributed by atoms with Crippen LogP contribution in [0, 0.1) is 0 Å². The molecule has 10 rings (SSSR count). The number of benzene rings is 9. The Morgan fingerprint density at radius 3 is 1.48 bits per heavy atom. The minimum atomic E-state index is -0.0448. The SMILES string of the molecule is CC(C)(C)c1ccc(-c2cc(N(c3ccc(C(C)(C)C)cc3)c3ccc4ccc5c(-n6c7ccccc7c7ccccc76)ccc6ccc3c4c65)ccc2C(C)(C)C)cc1. The Morgan fingerprint density at radius 2 is 0.900 bits per heavy atom. The second kappa shape index (κ2) is 13.6. The van der Waals surface area contributed by atoms with Crippen LogP contribution >= 0.6 is 0 Å². The average molecular weight is 779 g/mol. The van der Waals surface area contributed by atoms with Gasteiger partial charge in [0.25, 0.3) is 0 Å². The summed E-state index contributed by atoms with van der Waals surface area (Å²) in [5, 5.41) is 10.1. The Balaban J connectivity index is 1.23. The zero-order chi connectivity index (χ0) is 41.7. The quantitative estimate of drug-likeness (QED) is 0.158. The molecule has 0 aliphatic rings. The van der Waals surface area contributed by atoms with Gasteiger partial charge in [0, 0.05) is 32.9 Å². The van der Waals surface area contributed by atoms with Gasteiger partial charge in [0.05, 0.1) is 22.4 Å². The van der Waals surface area contributed by atoms with Gasteiger partial charge in [0.1, 0.15) is 0 Å². The standard InChI is InChI=1S/C58H54N2/c1-56(2,3)40-24-18-37(19-25-40)48-36-43(30-33-49(48)58(7,8)9)59(42-28-26-41(27-29-42)57(4,5)6)52-34-22-38-21-32-47-53(35-23-39-20-31-46(52)54(38)55(39)47)60-50-16-12-10-14-44(50)45-15-11-13-17-51(45)60/h10-36H,1-9H3. The maximum atomic E-state index is 2.49. The van der Waals surface area contributed by atoms with Gasteiger partial charge in [-0.3, -0.25) is 0 Å². The Hall–Kier alpha value is -6.38. The molecule has 2 nitrogen and oxygen atoms in total. The van der Waals surface area contributed by atoms with Gasteiger partial charge >= 0.3 is 0 Å². The highest BCUT2D eigenvalue weighted by Gasteiger charge is 2.25. The van der Waals surface area contributed by atoms with Crippen molar-refractivity contribution in [1.29, 1.82) is 0 Å².